The Morgan fingerprint density at radius 1 is 1.03 bits per heavy atom. The molecule has 2 aromatic carbocycles. The Labute approximate surface area is 202 Å². The fourth-order valence-electron chi connectivity index (χ4n) is 5.31. The van der Waals surface area contributed by atoms with Gasteiger partial charge in [-0.15, -0.1) is 11.3 Å². The van der Waals surface area contributed by atoms with Gasteiger partial charge in [-0.05, 0) is 80.1 Å². The number of halogens is 1. The summed E-state index contributed by atoms with van der Waals surface area (Å²) in [7, 11) is 0. The summed E-state index contributed by atoms with van der Waals surface area (Å²) in [5.41, 5.74) is 6.60. The molecule has 0 bridgehead atoms. The lowest BCUT2D eigenvalue weighted by molar-refractivity contribution is 0.194. The van der Waals surface area contributed by atoms with Gasteiger partial charge in [0.15, 0.2) is 0 Å². The molecule has 0 unspecified atom stereocenters. The Morgan fingerprint density at radius 2 is 1.85 bits per heavy atom. The number of rotatable bonds is 2. The van der Waals surface area contributed by atoms with Crippen LogP contribution in [0.5, 0.6) is 0 Å². The van der Waals surface area contributed by atoms with Gasteiger partial charge in [0.2, 0.25) is 0 Å². The van der Waals surface area contributed by atoms with Crippen LogP contribution in [-0.2, 0) is 19.4 Å². The number of carbonyl (C=O) groups excluding carboxylic acids is 1. The van der Waals surface area contributed by atoms with Crippen molar-refractivity contribution in [2.24, 2.45) is 0 Å². The zero-order valence-electron chi connectivity index (χ0n) is 19.1. The summed E-state index contributed by atoms with van der Waals surface area (Å²) < 4.78 is 15.7. The molecule has 0 saturated heterocycles. The third-order valence-corrected chi connectivity index (χ3v) is 8.23. The number of benzene rings is 2. The molecular formula is C28H26FN3OS. The minimum atomic E-state index is -0.322. The van der Waals surface area contributed by atoms with E-state index in [1.165, 1.54) is 46.0 Å². The molecule has 4 nitrogen and oxygen atoms in total. The van der Waals surface area contributed by atoms with Crippen molar-refractivity contribution in [2.45, 2.75) is 45.2 Å². The van der Waals surface area contributed by atoms with Crippen molar-refractivity contribution in [3.8, 4) is 5.00 Å². The number of nitrogens with zero attached hydrogens (tertiary/aromatic N) is 2. The quantitative estimate of drug-likeness (QED) is 0.336. The molecule has 2 aliphatic rings. The summed E-state index contributed by atoms with van der Waals surface area (Å²) in [6.07, 6.45) is 6.73. The predicted molar refractivity (Wildman–Crippen MR) is 134 cm³/mol. The molecule has 4 aromatic rings. The van der Waals surface area contributed by atoms with Crippen LogP contribution >= 0.6 is 11.3 Å². The second-order valence-corrected chi connectivity index (χ2v) is 10.3. The van der Waals surface area contributed by atoms with Gasteiger partial charge in [0.25, 0.3) is 0 Å². The highest BCUT2D eigenvalue weighted by molar-refractivity contribution is 7.15. The van der Waals surface area contributed by atoms with Gasteiger partial charge in [0.1, 0.15) is 10.8 Å². The molecule has 6 rings (SSSR count). The maximum Gasteiger partial charge on any atom is 0.322 e. The summed E-state index contributed by atoms with van der Waals surface area (Å²) in [5.74, 6) is -0.322. The van der Waals surface area contributed by atoms with Crippen molar-refractivity contribution in [1.82, 2.24) is 9.47 Å². The van der Waals surface area contributed by atoms with Gasteiger partial charge in [-0.2, -0.15) is 0 Å². The normalized spacial score (nSPS) is 16.9. The van der Waals surface area contributed by atoms with Gasteiger partial charge in [0, 0.05) is 22.3 Å². The van der Waals surface area contributed by atoms with Gasteiger partial charge in [-0.3, -0.25) is 0 Å². The van der Waals surface area contributed by atoms with E-state index in [-0.39, 0.29) is 17.9 Å². The van der Waals surface area contributed by atoms with Gasteiger partial charge < -0.3 is 14.8 Å². The highest BCUT2D eigenvalue weighted by Crippen LogP contribution is 2.44. The predicted octanol–water partition coefficient (Wildman–Crippen LogP) is 7.00. The maximum absolute atomic E-state index is 13.8. The van der Waals surface area contributed by atoms with E-state index in [0.29, 0.717) is 12.2 Å². The lowest BCUT2D eigenvalue weighted by Gasteiger charge is -2.31. The van der Waals surface area contributed by atoms with Crippen LogP contribution in [0, 0.1) is 12.7 Å². The first-order valence-electron chi connectivity index (χ1n) is 11.8. The van der Waals surface area contributed by atoms with Gasteiger partial charge in [0.05, 0.1) is 18.3 Å². The van der Waals surface area contributed by atoms with Crippen molar-refractivity contribution in [2.75, 3.05) is 5.32 Å². The van der Waals surface area contributed by atoms with Crippen molar-refractivity contribution < 1.29 is 9.18 Å². The lowest BCUT2D eigenvalue weighted by Crippen LogP contribution is -2.38. The van der Waals surface area contributed by atoms with Crippen LogP contribution in [0.3, 0.4) is 0 Å². The first kappa shape index (κ1) is 21.2. The van der Waals surface area contributed by atoms with E-state index < -0.39 is 0 Å². The zero-order valence-corrected chi connectivity index (χ0v) is 19.9. The van der Waals surface area contributed by atoms with E-state index in [0.717, 1.165) is 29.7 Å². The summed E-state index contributed by atoms with van der Waals surface area (Å²) >= 11 is 1.88. The molecule has 0 radical (unpaired) electrons. The molecule has 6 heteroatoms. The van der Waals surface area contributed by atoms with Crippen LogP contribution in [0.25, 0.3) is 5.00 Å². The van der Waals surface area contributed by atoms with Crippen molar-refractivity contribution in [3.05, 3.63) is 106 Å². The summed E-state index contributed by atoms with van der Waals surface area (Å²) in [6.45, 7) is 2.61. The fourth-order valence-corrected chi connectivity index (χ4v) is 6.71. The van der Waals surface area contributed by atoms with E-state index in [2.05, 4.69) is 59.4 Å². The Kier molecular flexibility index (Phi) is 5.26. The fraction of sp³-hybridized carbons (Fsp3) is 0.250. The topological polar surface area (TPSA) is 37.3 Å². The number of hydrogen-bond donors (Lipinski definition) is 1. The number of thiophene rings is 1. The molecule has 0 saturated carbocycles. The number of hydrogen-bond acceptors (Lipinski definition) is 2. The molecule has 3 heterocycles. The van der Waals surface area contributed by atoms with E-state index >= 15 is 0 Å². The molecule has 34 heavy (non-hydrogen) atoms. The third-order valence-electron chi connectivity index (χ3n) is 6.89. The van der Waals surface area contributed by atoms with E-state index in [4.69, 9.17) is 0 Å². The summed E-state index contributed by atoms with van der Waals surface area (Å²) in [6, 6.07) is 18.1. The Balaban J connectivity index is 1.50. The number of fused-ring (bicyclic) bond motifs is 5. The minimum absolute atomic E-state index is 0.186. The molecule has 2 aromatic heterocycles. The van der Waals surface area contributed by atoms with Crippen molar-refractivity contribution >= 4 is 23.1 Å². The molecule has 0 fully saturated rings. The SMILES string of the molecule is Cc1cccc([C@@H]2c3cccn3-c3sc4c(c3CN2C(=O)Nc2ccc(F)cc2)CCCC4)c1. The monoisotopic (exact) mass is 471 g/mol. The first-order valence-corrected chi connectivity index (χ1v) is 12.6. The Morgan fingerprint density at radius 3 is 2.68 bits per heavy atom. The highest BCUT2D eigenvalue weighted by atomic mass is 32.1. The molecule has 1 atom stereocenters. The van der Waals surface area contributed by atoms with Crippen molar-refractivity contribution in [1.29, 1.82) is 0 Å². The molecule has 1 N–H and O–H groups in total. The summed E-state index contributed by atoms with van der Waals surface area (Å²) in [4.78, 5) is 17.2. The third kappa shape index (κ3) is 3.62. The molecular weight excluding hydrogens is 445 g/mol. The van der Waals surface area contributed by atoms with Crippen LogP contribution in [0.2, 0.25) is 0 Å². The molecule has 1 aliphatic heterocycles. The number of nitrogens with one attached hydrogen (secondary N) is 1. The summed E-state index contributed by atoms with van der Waals surface area (Å²) in [5, 5.41) is 4.26. The number of carbonyl (C=O) groups is 1. The van der Waals surface area contributed by atoms with E-state index in [1.807, 2.05) is 16.2 Å². The molecule has 2 amide bonds. The average Bonchev–Trinajstić information content (AvgIpc) is 3.42. The number of urea groups is 1. The molecule has 172 valence electrons. The zero-order chi connectivity index (χ0) is 23.2. The molecule has 1 aliphatic carbocycles. The largest absolute Gasteiger partial charge is 0.322 e. The Hall–Kier alpha value is -3.38. The van der Waals surface area contributed by atoms with Gasteiger partial charge in [-0.25, -0.2) is 9.18 Å². The van der Waals surface area contributed by atoms with Crippen LogP contribution in [0.15, 0.2) is 66.9 Å². The number of aryl methyl sites for hydroxylation is 2. The van der Waals surface area contributed by atoms with Crippen LogP contribution in [0.4, 0.5) is 14.9 Å². The second kappa shape index (κ2) is 8.44. The van der Waals surface area contributed by atoms with Crippen molar-refractivity contribution in [3.63, 3.8) is 0 Å². The highest BCUT2D eigenvalue weighted by Gasteiger charge is 2.36. The number of anilines is 1. The molecule has 0 spiro atoms. The Bertz CT molecular complexity index is 1370. The van der Waals surface area contributed by atoms with Gasteiger partial charge >= 0.3 is 6.03 Å². The minimum Gasteiger partial charge on any atom is -0.310 e. The van der Waals surface area contributed by atoms with E-state index in [1.54, 1.807) is 12.1 Å². The maximum atomic E-state index is 13.8. The van der Waals surface area contributed by atoms with Crippen LogP contribution in [0.1, 0.15) is 51.7 Å². The van der Waals surface area contributed by atoms with Crippen LogP contribution in [-0.4, -0.2) is 15.5 Å². The lowest BCUT2D eigenvalue weighted by atomic mass is 9.95. The standard InChI is InChI=1S/C28H26FN3OS/c1-18-6-4-7-19(16-18)26-24-9-5-15-31(24)27-23(22-8-2-3-10-25(22)34-27)17-32(26)28(33)30-21-13-11-20(29)12-14-21/h4-7,9,11-16,26H,2-3,8,10,17H2,1H3,(H,30,33)/t26-/m1/s1. The van der Waals surface area contributed by atoms with Gasteiger partial charge in [-0.1, -0.05) is 29.8 Å². The second-order valence-electron chi connectivity index (χ2n) is 9.18. The number of aromatic nitrogens is 1. The van der Waals surface area contributed by atoms with E-state index in [9.17, 15) is 9.18 Å². The average molecular weight is 472 g/mol. The number of amides is 2. The van der Waals surface area contributed by atoms with Crippen LogP contribution < -0.4 is 5.32 Å². The smallest absolute Gasteiger partial charge is 0.310 e. The first-order chi connectivity index (χ1) is 16.6.